The standard InChI is InChI=1S/C54H55NO14/c1-26-46(60)50(64)51(65)53(67-26)69-52-37-10-4-9-34(55)16-17-35(59)21-29-7-3-6-28(20-29)11-18-36-40(68-27(2)58)23-32(24-56)41-42(36)49(63)43(37)44(48(41)62)47(61)38(52)22-31-13-12-30-14-15-33-8-5-19-54(33,66)45(30)39(31)25-57/h3,6-7,11-13,18,20,23,25-26,33-35,46,50-51,53,56,59-61,64-66H,5,8,10,14-17,19,21-22,24,55H2,1-2H3. The molecule has 15 heteroatoms. The van der Waals surface area contributed by atoms with Crippen LogP contribution < -0.4 is 15.2 Å². The van der Waals surface area contributed by atoms with E-state index >= 15 is 9.59 Å². The molecule has 0 radical (unpaired) electrons. The van der Waals surface area contributed by atoms with Crippen LogP contribution in [0, 0.1) is 17.8 Å². The van der Waals surface area contributed by atoms with Gasteiger partial charge in [0.2, 0.25) is 6.29 Å². The molecule has 9 unspecified atom stereocenters. The fourth-order valence-electron chi connectivity index (χ4n) is 11.1. The number of aryl methyl sites for hydroxylation is 1. The number of carbonyl (C=O) groups excluding carboxylic acids is 4. The number of hydrogen-bond acceptors (Lipinski definition) is 15. The van der Waals surface area contributed by atoms with Crippen LogP contribution in [0.25, 0.3) is 12.2 Å². The van der Waals surface area contributed by atoms with Gasteiger partial charge < -0.3 is 55.7 Å². The highest BCUT2D eigenvalue weighted by molar-refractivity contribution is 6.32. The van der Waals surface area contributed by atoms with Gasteiger partial charge in [0.15, 0.2) is 17.9 Å². The average molecular weight is 942 g/mol. The molecule has 4 aliphatic carbocycles. The molecule has 2 fully saturated rings. The van der Waals surface area contributed by atoms with Gasteiger partial charge in [-0.2, -0.15) is 0 Å². The van der Waals surface area contributed by atoms with E-state index in [-0.39, 0.29) is 87.6 Å². The van der Waals surface area contributed by atoms with E-state index in [1.807, 2.05) is 18.2 Å². The zero-order chi connectivity index (χ0) is 49.1. The Balaban J connectivity index is 1.34. The summed E-state index contributed by atoms with van der Waals surface area (Å²) in [6.07, 6.45) is -1.62. The molecule has 4 aromatic rings. The van der Waals surface area contributed by atoms with E-state index in [0.717, 1.165) is 37.3 Å². The van der Waals surface area contributed by atoms with E-state index in [1.54, 1.807) is 24.3 Å². The van der Waals surface area contributed by atoms with Crippen LogP contribution in [0.2, 0.25) is 0 Å². The molecule has 0 amide bonds. The first-order valence-corrected chi connectivity index (χ1v) is 23.4. The predicted molar refractivity (Wildman–Crippen MR) is 250 cm³/mol. The minimum absolute atomic E-state index is 0.0113. The van der Waals surface area contributed by atoms with Gasteiger partial charge in [-0.05, 0) is 110 Å². The summed E-state index contributed by atoms with van der Waals surface area (Å²) >= 11 is 0. The number of esters is 1. The summed E-state index contributed by atoms with van der Waals surface area (Å²) in [5, 5.41) is 79.8. The molecule has 1 aliphatic heterocycles. The van der Waals surface area contributed by atoms with E-state index < -0.39 is 90.3 Å². The molecule has 15 nitrogen and oxygen atoms in total. The van der Waals surface area contributed by atoms with Crippen molar-refractivity contribution < 1.29 is 69.1 Å². The maximum absolute atomic E-state index is 15.7. The van der Waals surface area contributed by atoms with Crippen molar-refractivity contribution in [2.45, 2.75) is 133 Å². The summed E-state index contributed by atoms with van der Waals surface area (Å²) < 4.78 is 18.1. The summed E-state index contributed by atoms with van der Waals surface area (Å²) in [7, 11) is 0. The smallest absolute Gasteiger partial charge is 0.308 e. The Labute approximate surface area is 398 Å². The number of aromatic hydroxyl groups is 1. The summed E-state index contributed by atoms with van der Waals surface area (Å²) in [5.74, 6) is 2.19. The Morgan fingerprint density at radius 3 is 2.48 bits per heavy atom. The van der Waals surface area contributed by atoms with Gasteiger partial charge in [-0.1, -0.05) is 54.3 Å². The molecular weight excluding hydrogens is 887 g/mol. The average Bonchev–Trinajstić information content (AvgIpc) is 3.72. The lowest BCUT2D eigenvalue weighted by atomic mass is 9.70. The second kappa shape index (κ2) is 19.0. The number of fused-ring (bicyclic) bond motifs is 5. The van der Waals surface area contributed by atoms with E-state index in [4.69, 9.17) is 19.9 Å². The Morgan fingerprint density at radius 2 is 1.72 bits per heavy atom. The highest BCUT2D eigenvalue weighted by Gasteiger charge is 2.49. The van der Waals surface area contributed by atoms with Crippen LogP contribution in [-0.4, -0.2) is 102 Å². The molecule has 9 N–H and O–H groups in total. The molecular formula is C54H55NO14. The third-order valence-electron chi connectivity index (χ3n) is 14.5. The van der Waals surface area contributed by atoms with Crippen LogP contribution in [0.15, 0.2) is 42.5 Å². The van der Waals surface area contributed by atoms with Gasteiger partial charge in [-0.25, -0.2) is 0 Å². The first kappa shape index (κ1) is 48.0. The molecule has 0 aromatic heterocycles. The van der Waals surface area contributed by atoms with Crippen LogP contribution in [0.4, 0.5) is 0 Å². The van der Waals surface area contributed by atoms with Gasteiger partial charge in [0.1, 0.15) is 35.6 Å². The van der Waals surface area contributed by atoms with Gasteiger partial charge in [0.05, 0.1) is 36.0 Å². The molecule has 9 rings (SSSR count). The highest BCUT2D eigenvalue weighted by atomic mass is 16.7. The van der Waals surface area contributed by atoms with Crippen molar-refractivity contribution >= 4 is 36.0 Å². The number of carbonyl (C=O) groups is 4. The summed E-state index contributed by atoms with van der Waals surface area (Å²) in [4.78, 5) is 57.0. The Kier molecular flexibility index (Phi) is 13.2. The number of hydrogen-bond donors (Lipinski definition) is 8. The van der Waals surface area contributed by atoms with Crippen LogP contribution >= 0.6 is 0 Å². The molecule has 0 spiro atoms. The summed E-state index contributed by atoms with van der Waals surface area (Å²) in [5.41, 5.74) is 6.69. The lowest BCUT2D eigenvalue weighted by Crippen LogP contribution is -2.58. The molecule has 9 atom stereocenters. The minimum Gasteiger partial charge on any atom is -0.507 e. The number of ether oxygens (including phenoxy) is 3. The van der Waals surface area contributed by atoms with Crippen LogP contribution in [0.3, 0.4) is 0 Å². The van der Waals surface area contributed by atoms with E-state index in [0.29, 0.717) is 35.8 Å². The monoisotopic (exact) mass is 941 g/mol. The van der Waals surface area contributed by atoms with Crippen molar-refractivity contribution in [2.75, 3.05) is 0 Å². The minimum atomic E-state index is -1.89. The maximum atomic E-state index is 15.7. The fourth-order valence-corrected chi connectivity index (χ4v) is 11.1. The van der Waals surface area contributed by atoms with Crippen molar-refractivity contribution in [1.29, 1.82) is 0 Å². The van der Waals surface area contributed by atoms with E-state index in [1.165, 1.54) is 19.1 Å². The quantitative estimate of drug-likeness (QED) is 0.0499. The van der Waals surface area contributed by atoms with E-state index in [2.05, 4.69) is 11.8 Å². The molecule has 4 aromatic carbocycles. The zero-order valence-corrected chi connectivity index (χ0v) is 38.2. The third-order valence-corrected chi connectivity index (χ3v) is 14.5. The predicted octanol–water partition coefficient (Wildman–Crippen LogP) is 3.87. The molecule has 1 saturated heterocycles. The largest absolute Gasteiger partial charge is 0.507 e. The molecule has 5 aliphatic rings. The highest BCUT2D eigenvalue weighted by Crippen LogP contribution is 2.53. The molecule has 1 saturated carbocycles. The molecule has 360 valence electrons. The lowest BCUT2D eigenvalue weighted by molar-refractivity contribution is -0.268. The van der Waals surface area contributed by atoms with E-state index in [9.17, 15) is 45.3 Å². The lowest BCUT2D eigenvalue weighted by Gasteiger charge is -2.40. The topological polar surface area (TPSA) is 264 Å². The Bertz CT molecular complexity index is 2880. The number of phenols is 1. The molecule has 69 heavy (non-hydrogen) atoms. The van der Waals surface area contributed by atoms with Crippen LogP contribution in [-0.2, 0) is 47.4 Å². The zero-order valence-electron chi connectivity index (χ0n) is 38.2. The first-order valence-electron chi connectivity index (χ1n) is 23.4. The number of ketones is 2. The second-order valence-electron chi connectivity index (χ2n) is 18.9. The normalized spacial score (nSPS) is 27.3. The fraction of sp³-hybridized carbons (Fsp3) is 0.407. The van der Waals surface area contributed by atoms with Crippen molar-refractivity contribution in [3.63, 3.8) is 0 Å². The van der Waals surface area contributed by atoms with Gasteiger partial charge in [0, 0.05) is 58.7 Å². The SMILES string of the molecule is CC(=O)Oc1cc(CO)c2c3c1C=Cc1cccc(c1)CC(O)CCC(N)C#CCc1c(OC4OC(C)C(O)C(O)C4O)c(Cc4ccc5c(c4C=O)C4(O)CCCC4CC5)c(O)c(c1C3=O)C2=O. The van der Waals surface area contributed by atoms with Crippen LogP contribution in [0.5, 0.6) is 17.2 Å². The summed E-state index contributed by atoms with van der Waals surface area (Å²) in [6.45, 7) is 1.80. The third kappa shape index (κ3) is 8.59. The first-order chi connectivity index (χ1) is 33.0. The van der Waals surface area contributed by atoms with Crippen molar-refractivity contribution in [2.24, 2.45) is 11.7 Å². The summed E-state index contributed by atoms with van der Waals surface area (Å²) in [6, 6.07) is 11.3. The van der Waals surface area contributed by atoms with Gasteiger partial charge in [-0.3, -0.25) is 19.2 Å². The van der Waals surface area contributed by atoms with Crippen molar-refractivity contribution in [3.05, 3.63) is 120 Å². The van der Waals surface area contributed by atoms with Crippen molar-refractivity contribution in [3.8, 4) is 29.1 Å². The second-order valence-corrected chi connectivity index (χ2v) is 18.9. The Hall–Kier alpha value is -6.06. The van der Waals surface area contributed by atoms with Crippen LogP contribution in [0.1, 0.15) is 145 Å². The number of aldehydes is 1. The number of benzene rings is 4. The number of nitrogens with two attached hydrogens (primary N) is 1. The van der Waals surface area contributed by atoms with Gasteiger partial charge in [0.25, 0.3) is 0 Å². The number of rotatable bonds is 7. The molecule has 4 bridgehead atoms. The van der Waals surface area contributed by atoms with Gasteiger partial charge >= 0.3 is 5.97 Å². The number of phenolic OH excluding ortho intramolecular Hbond substituents is 1. The van der Waals surface area contributed by atoms with Gasteiger partial charge in [-0.15, -0.1) is 0 Å². The van der Waals surface area contributed by atoms with Crippen molar-refractivity contribution in [1.82, 2.24) is 0 Å². The number of aliphatic hydroxyl groups excluding tert-OH is 5. The molecule has 1 heterocycles. The Morgan fingerprint density at radius 1 is 0.942 bits per heavy atom. The maximum Gasteiger partial charge on any atom is 0.308 e. The number of aliphatic hydroxyl groups is 6.